The summed E-state index contributed by atoms with van der Waals surface area (Å²) < 4.78 is 2.50. The first-order valence-electron chi connectivity index (χ1n) is 10.7. The van der Waals surface area contributed by atoms with E-state index < -0.39 is 0 Å². The van der Waals surface area contributed by atoms with Crippen LogP contribution in [0.15, 0.2) is 116 Å². The standard InChI is InChI=1S/C31H24OS/c1-3-5-6-7-8-14-23-15-9-10-16-26(23)29(32)21-24(13-4-2)25-19-20-28-27-17-11-12-18-30(27)33-31(28)22-25/h1,4-13,15-22,32H,2,14H2/b6-5-,8-7-,24-13+,29-21-. The van der Waals surface area contributed by atoms with E-state index in [-0.39, 0.29) is 5.76 Å². The first-order valence-corrected chi connectivity index (χ1v) is 11.5. The molecule has 2 heteroatoms. The van der Waals surface area contributed by atoms with Crippen molar-refractivity contribution >= 4 is 42.8 Å². The molecule has 0 spiro atoms. The number of allylic oxidation sites excluding steroid dienone is 8. The molecule has 0 bridgehead atoms. The summed E-state index contributed by atoms with van der Waals surface area (Å²) in [6, 6.07) is 22.8. The zero-order valence-electron chi connectivity index (χ0n) is 18.2. The quantitative estimate of drug-likeness (QED) is 0.172. The second-order valence-electron chi connectivity index (χ2n) is 7.51. The SMILES string of the molecule is C#C/C=C\C=C/Cc1ccccc1/C(O)=C/C(=C\C=C)c1ccc2c(c1)sc1ccccc12. The van der Waals surface area contributed by atoms with Crippen molar-refractivity contribution in [3.05, 3.63) is 133 Å². The Bertz CT molecular complexity index is 1470. The number of hydrogen-bond donors (Lipinski definition) is 1. The van der Waals surface area contributed by atoms with Gasteiger partial charge in [0.05, 0.1) is 0 Å². The maximum Gasteiger partial charge on any atom is 0.123 e. The lowest BCUT2D eigenvalue weighted by molar-refractivity contribution is 0.511. The number of rotatable bonds is 7. The maximum absolute atomic E-state index is 11.1. The van der Waals surface area contributed by atoms with Crippen LogP contribution in [-0.4, -0.2) is 5.11 Å². The Morgan fingerprint density at radius 1 is 0.970 bits per heavy atom. The van der Waals surface area contributed by atoms with E-state index >= 15 is 0 Å². The first kappa shape index (κ1) is 22.1. The molecule has 4 rings (SSSR count). The van der Waals surface area contributed by atoms with Gasteiger partial charge in [-0.25, -0.2) is 0 Å². The second-order valence-corrected chi connectivity index (χ2v) is 8.60. The van der Waals surface area contributed by atoms with Crippen LogP contribution in [0.2, 0.25) is 0 Å². The molecule has 33 heavy (non-hydrogen) atoms. The highest BCUT2D eigenvalue weighted by molar-refractivity contribution is 7.25. The van der Waals surface area contributed by atoms with Crippen molar-refractivity contribution in [3.63, 3.8) is 0 Å². The molecule has 1 nitrogen and oxygen atoms in total. The number of fused-ring (bicyclic) bond motifs is 3. The third kappa shape index (κ3) is 5.06. The van der Waals surface area contributed by atoms with Crippen LogP contribution in [0.25, 0.3) is 31.5 Å². The summed E-state index contributed by atoms with van der Waals surface area (Å²) in [5, 5.41) is 13.6. The minimum absolute atomic E-state index is 0.225. The monoisotopic (exact) mass is 444 g/mol. The molecule has 0 aliphatic heterocycles. The fourth-order valence-electron chi connectivity index (χ4n) is 3.82. The summed E-state index contributed by atoms with van der Waals surface area (Å²) in [5.74, 6) is 2.69. The van der Waals surface area contributed by atoms with Gasteiger partial charge >= 0.3 is 0 Å². The van der Waals surface area contributed by atoms with Gasteiger partial charge in [-0.2, -0.15) is 0 Å². The molecule has 4 aromatic rings. The van der Waals surface area contributed by atoms with E-state index in [0.29, 0.717) is 6.42 Å². The topological polar surface area (TPSA) is 20.2 Å². The summed E-state index contributed by atoms with van der Waals surface area (Å²) in [7, 11) is 0. The Morgan fingerprint density at radius 3 is 2.61 bits per heavy atom. The van der Waals surface area contributed by atoms with E-state index in [4.69, 9.17) is 6.42 Å². The summed E-state index contributed by atoms with van der Waals surface area (Å²) >= 11 is 1.78. The van der Waals surface area contributed by atoms with E-state index in [1.165, 1.54) is 20.2 Å². The van der Waals surface area contributed by atoms with E-state index in [0.717, 1.165) is 22.3 Å². The van der Waals surface area contributed by atoms with Gasteiger partial charge in [0.25, 0.3) is 0 Å². The van der Waals surface area contributed by atoms with Gasteiger partial charge in [0, 0.05) is 25.7 Å². The number of terminal acetylenes is 1. The smallest absolute Gasteiger partial charge is 0.123 e. The Morgan fingerprint density at radius 2 is 1.76 bits per heavy atom. The molecule has 1 aromatic heterocycles. The van der Waals surface area contributed by atoms with E-state index in [1.807, 2.05) is 54.6 Å². The summed E-state index contributed by atoms with van der Waals surface area (Å²) in [5.41, 5.74) is 3.79. The largest absolute Gasteiger partial charge is 0.507 e. The van der Waals surface area contributed by atoms with Gasteiger partial charge in [-0.3, -0.25) is 0 Å². The summed E-state index contributed by atoms with van der Waals surface area (Å²) in [6.45, 7) is 3.87. The second kappa shape index (κ2) is 10.5. The van der Waals surface area contributed by atoms with Gasteiger partial charge in [-0.15, -0.1) is 17.8 Å². The Labute approximate surface area is 199 Å². The highest BCUT2D eigenvalue weighted by Gasteiger charge is 2.10. The highest BCUT2D eigenvalue weighted by atomic mass is 32.1. The minimum Gasteiger partial charge on any atom is -0.507 e. The van der Waals surface area contributed by atoms with Crippen LogP contribution < -0.4 is 0 Å². The van der Waals surface area contributed by atoms with Gasteiger partial charge in [-0.05, 0) is 47.4 Å². The molecule has 0 saturated carbocycles. The fraction of sp³-hybridized carbons (Fsp3) is 0.0323. The van der Waals surface area contributed by atoms with Crippen molar-refractivity contribution < 1.29 is 5.11 Å². The zero-order chi connectivity index (χ0) is 23.0. The van der Waals surface area contributed by atoms with Crippen LogP contribution in [0, 0.1) is 12.3 Å². The van der Waals surface area contributed by atoms with Gasteiger partial charge in [0.15, 0.2) is 0 Å². The molecule has 0 amide bonds. The number of thiophene rings is 1. The molecule has 0 aliphatic rings. The molecule has 1 heterocycles. The van der Waals surface area contributed by atoms with Crippen LogP contribution in [0.3, 0.4) is 0 Å². The average molecular weight is 445 g/mol. The highest BCUT2D eigenvalue weighted by Crippen LogP contribution is 2.36. The average Bonchev–Trinajstić information content (AvgIpc) is 3.21. The van der Waals surface area contributed by atoms with Gasteiger partial charge in [0.2, 0.25) is 0 Å². The van der Waals surface area contributed by atoms with Crippen molar-refractivity contribution in [2.75, 3.05) is 0 Å². The number of hydrogen-bond acceptors (Lipinski definition) is 2. The van der Waals surface area contributed by atoms with Crippen molar-refractivity contribution in [3.8, 4) is 12.3 Å². The van der Waals surface area contributed by atoms with Crippen LogP contribution in [0.1, 0.15) is 16.7 Å². The number of benzene rings is 3. The fourth-order valence-corrected chi connectivity index (χ4v) is 4.96. The van der Waals surface area contributed by atoms with E-state index in [9.17, 15) is 5.11 Å². The molecular weight excluding hydrogens is 420 g/mol. The predicted octanol–water partition coefficient (Wildman–Crippen LogP) is 8.51. The van der Waals surface area contributed by atoms with Crippen molar-refractivity contribution in [2.45, 2.75) is 6.42 Å². The van der Waals surface area contributed by atoms with Crippen molar-refractivity contribution in [1.82, 2.24) is 0 Å². The molecule has 0 aliphatic carbocycles. The Kier molecular flexibility index (Phi) is 7.05. The zero-order valence-corrected chi connectivity index (χ0v) is 19.1. The van der Waals surface area contributed by atoms with Gasteiger partial charge < -0.3 is 5.11 Å². The number of aliphatic hydroxyl groups excluding tert-OH is 1. The molecule has 0 unspecified atom stereocenters. The maximum atomic E-state index is 11.1. The Hall–Kier alpha value is -4.06. The Balaban J connectivity index is 1.69. The number of aliphatic hydroxyl groups is 1. The summed E-state index contributed by atoms with van der Waals surface area (Å²) in [6.07, 6.45) is 18.8. The molecule has 0 fully saturated rings. The lowest BCUT2D eigenvalue weighted by atomic mass is 9.98. The van der Waals surface area contributed by atoms with Crippen LogP contribution in [-0.2, 0) is 6.42 Å². The molecule has 3 aromatic carbocycles. The van der Waals surface area contributed by atoms with Crippen molar-refractivity contribution in [2.24, 2.45) is 0 Å². The molecule has 0 radical (unpaired) electrons. The van der Waals surface area contributed by atoms with Crippen LogP contribution in [0.5, 0.6) is 0 Å². The van der Waals surface area contributed by atoms with Gasteiger partial charge in [0.1, 0.15) is 5.76 Å². The van der Waals surface area contributed by atoms with Crippen LogP contribution >= 0.6 is 11.3 Å². The first-order chi connectivity index (χ1) is 16.2. The molecule has 0 atom stereocenters. The minimum atomic E-state index is 0.225. The lowest BCUT2D eigenvalue weighted by Gasteiger charge is -2.09. The lowest BCUT2D eigenvalue weighted by Crippen LogP contribution is -1.93. The normalized spacial score (nSPS) is 12.7. The van der Waals surface area contributed by atoms with E-state index in [2.05, 4.69) is 55.0 Å². The predicted molar refractivity (Wildman–Crippen MR) is 145 cm³/mol. The summed E-state index contributed by atoms with van der Waals surface area (Å²) in [4.78, 5) is 0. The molecule has 0 saturated heterocycles. The molecule has 1 N–H and O–H groups in total. The van der Waals surface area contributed by atoms with Gasteiger partial charge in [-0.1, -0.05) is 97.5 Å². The third-order valence-electron chi connectivity index (χ3n) is 5.37. The molecular formula is C31H24OS. The van der Waals surface area contributed by atoms with Crippen molar-refractivity contribution in [1.29, 1.82) is 0 Å². The third-order valence-corrected chi connectivity index (χ3v) is 6.51. The van der Waals surface area contributed by atoms with Crippen LogP contribution in [0.4, 0.5) is 0 Å². The molecule has 160 valence electrons. The van der Waals surface area contributed by atoms with E-state index in [1.54, 1.807) is 23.5 Å².